The Kier molecular flexibility index (Phi) is 5.73. The number of aromatic nitrogens is 2. The molecule has 2 aromatic carbocycles. The number of phenolic OH excluding ortho intramolecular Hbond substituents is 1. The number of carbonyl (C=O) groups is 1. The molecule has 1 aliphatic rings. The van der Waals surface area contributed by atoms with Crippen LogP contribution >= 0.6 is 12.2 Å². The van der Waals surface area contributed by atoms with E-state index in [1.54, 1.807) is 30.5 Å². The summed E-state index contributed by atoms with van der Waals surface area (Å²) in [5, 5.41) is 13.8. The van der Waals surface area contributed by atoms with Crippen molar-refractivity contribution in [3.63, 3.8) is 0 Å². The third-order valence-electron chi connectivity index (χ3n) is 5.85. The topological polar surface area (TPSA) is 79.6 Å². The lowest BCUT2D eigenvalue weighted by atomic mass is 10.0. The van der Waals surface area contributed by atoms with Crippen molar-refractivity contribution >= 4 is 29.0 Å². The molecule has 0 saturated carbocycles. The molecule has 34 heavy (non-hydrogen) atoms. The molecule has 0 unspecified atom stereocenters. The van der Waals surface area contributed by atoms with Gasteiger partial charge in [-0.1, -0.05) is 12.1 Å². The fourth-order valence-corrected chi connectivity index (χ4v) is 4.66. The molecule has 1 fully saturated rings. The number of ether oxygens (including phenoxy) is 1. The van der Waals surface area contributed by atoms with Crippen LogP contribution in [0.4, 0.5) is 5.69 Å². The molecule has 0 bridgehead atoms. The highest BCUT2D eigenvalue weighted by atomic mass is 32.1. The first kappa shape index (κ1) is 21.7. The molecule has 1 aliphatic heterocycles. The van der Waals surface area contributed by atoms with Gasteiger partial charge in [0.1, 0.15) is 11.8 Å². The van der Waals surface area contributed by atoms with E-state index >= 15 is 0 Å². The lowest BCUT2D eigenvalue weighted by Gasteiger charge is -2.29. The average molecular weight is 471 g/mol. The smallest absolute Gasteiger partial charge is 0.337 e. The minimum atomic E-state index is -0.392. The third kappa shape index (κ3) is 3.88. The van der Waals surface area contributed by atoms with Crippen molar-refractivity contribution in [2.45, 2.75) is 12.1 Å². The van der Waals surface area contributed by atoms with Crippen LogP contribution in [-0.2, 0) is 4.74 Å². The summed E-state index contributed by atoms with van der Waals surface area (Å²) in [7, 11) is 1.37. The first-order chi connectivity index (χ1) is 16.6. The normalized spacial score (nSPS) is 17.4. The van der Waals surface area contributed by atoms with Gasteiger partial charge in [0.2, 0.25) is 0 Å². The van der Waals surface area contributed by atoms with Crippen LogP contribution < -0.4 is 10.2 Å². The van der Waals surface area contributed by atoms with Gasteiger partial charge in [-0.2, -0.15) is 0 Å². The number of nitrogens with one attached hydrogen (secondary N) is 1. The first-order valence-electron chi connectivity index (χ1n) is 10.7. The van der Waals surface area contributed by atoms with Crippen molar-refractivity contribution < 1.29 is 14.6 Å². The van der Waals surface area contributed by atoms with Crippen molar-refractivity contribution in [2.24, 2.45) is 0 Å². The molecule has 0 aliphatic carbocycles. The second-order valence-corrected chi connectivity index (χ2v) is 8.24. The van der Waals surface area contributed by atoms with Crippen LogP contribution in [0.25, 0.3) is 5.69 Å². The molecule has 0 amide bonds. The third-order valence-corrected chi connectivity index (χ3v) is 6.17. The quantitative estimate of drug-likeness (QED) is 0.327. The highest BCUT2D eigenvalue weighted by Crippen LogP contribution is 2.42. The van der Waals surface area contributed by atoms with Crippen LogP contribution in [0.1, 0.15) is 33.8 Å². The van der Waals surface area contributed by atoms with E-state index in [2.05, 4.69) is 10.3 Å². The number of carbonyl (C=O) groups excluding carboxylic acids is 1. The number of benzene rings is 2. The van der Waals surface area contributed by atoms with Crippen LogP contribution in [0.15, 0.2) is 91.3 Å². The molecule has 1 saturated heterocycles. The van der Waals surface area contributed by atoms with Crippen LogP contribution in [0.5, 0.6) is 5.75 Å². The predicted molar refractivity (Wildman–Crippen MR) is 133 cm³/mol. The molecule has 0 spiro atoms. The van der Waals surface area contributed by atoms with E-state index in [4.69, 9.17) is 17.0 Å². The number of hydrogen-bond donors (Lipinski definition) is 2. The summed E-state index contributed by atoms with van der Waals surface area (Å²) in [5.74, 6) is -0.209. The van der Waals surface area contributed by atoms with Crippen LogP contribution in [-0.4, -0.2) is 32.8 Å². The Hall–Kier alpha value is -4.17. The number of phenols is 1. The molecule has 2 N–H and O–H groups in total. The van der Waals surface area contributed by atoms with Gasteiger partial charge < -0.3 is 24.6 Å². The fourth-order valence-electron chi connectivity index (χ4n) is 4.32. The minimum Gasteiger partial charge on any atom is -0.508 e. The molecule has 2 atom stereocenters. The number of pyridine rings is 1. The largest absolute Gasteiger partial charge is 0.508 e. The van der Waals surface area contributed by atoms with Gasteiger partial charge in [-0.3, -0.25) is 4.98 Å². The highest BCUT2D eigenvalue weighted by molar-refractivity contribution is 7.80. The maximum absolute atomic E-state index is 12.1. The number of aromatic hydroxyl groups is 1. The highest BCUT2D eigenvalue weighted by Gasteiger charge is 2.42. The van der Waals surface area contributed by atoms with Gasteiger partial charge in [0.15, 0.2) is 5.11 Å². The molecule has 4 aromatic rings. The number of esters is 1. The lowest BCUT2D eigenvalue weighted by molar-refractivity contribution is 0.0600. The zero-order valence-electron chi connectivity index (χ0n) is 18.3. The Balaban J connectivity index is 1.65. The van der Waals surface area contributed by atoms with Crippen molar-refractivity contribution in [2.75, 3.05) is 12.0 Å². The molecule has 8 heteroatoms. The van der Waals surface area contributed by atoms with E-state index in [1.165, 1.54) is 7.11 Å². The Morgan fingerprint density at radius 2 is 1.85 bits per heavy atom. The van der Waals surface area contributed by atoms with Crippen molar-refractivity contribution in [1.82, 2.24) is 14.9 Å². The second kappa shape index (κ2) is 8.99. The number of nitrogens with zero attached hydrogens (tertiary/aromatic N) is 3. The Bertz CT molecular complexity index is 1340. The number of anilines is 1. The maximum atomic E-state index is 12.1. The summed E-state index contributed by atoms with van der Waals surface area (Å²) in [6.07, 6.45) is 3.72. The first-order valence-corrected chi connectivity index (χ1v) is 11.1. The summed E-state index contributed by atoms with van der Waals surface area (Å²) >= 11 is 5.77. The van der Waals surface area contributed by atoms with Crippen molar-refractivity contribution in [1.29, 1.82) is 0 Å². The number of methoxy groups -OCH3 is 1. The molecule has 0 radical (unpaired) electrons. The fraction of sp³-hybridized carbons (Fsp3) is 0.115. The van der Waals surface area contributed by atoms with Gasteiger partial charge in [-0.25, -0.2) is 4.79 Å². The number of hydrogen-bond acceptors (Lipinski definition) is 5. The zero-order chi connectivity index (χ0) is 23.7. The predicted octanol–water partition coefficient (Wildman–Crippen LogP) is 4.54. The summed E-state index contributed by atoms with van der Waals surface area (Å²) < 4.78 is 6.94. The average Bonchev–Trinajstić information content (AvgIpc) is 3.49. The van der Waals surface area contributed by atoms with Gasteiger partial charge in [0.05, 0.1) is 24.4 Å². The summed E-state index contributed by atoms with van der Waals surface area (Å²) in [6, 6.07) is 23.6. The van der Waals surface area contributed by atoms with Gasteiger partial charge in [-0.05, 0) is 78.9 Å². The lowest BCUT2D eigenvalue weighted by Crippen LogP contribution is -2.30. The molecular formula is C26H22N4O3S. The zero-order valence-corrected chi connectivity index (χ0v) is 19.1. The van der Waals surface area contributed by atoms with E-state index < -0.39 is 5.97 Å². The molecule has 170 valence electrons. The van der Waals surface area contributed by atoms with E-state index in [9.17, 15) is 9.90 Å². The number of thiocarbonyl (C=S) groups is 1. The van der Waals surface area contributed by atoms with Crippen LogP contribution in [0.2, 0.25) is 0 Å². The van der Waals surface area contributed by atoms with Crippen LogP contribution in [0, 0.1) is 0 Å². The van der Waals surface area contributed by atoms with Crippen LogP contribution in [0.3, 0.4) is 0 Å². The molecule has 5 rings (SSSR count). The van der Waals surface area contributed by atoms with E-state index in [0.717, 1.165) is 22.8 Å². The van der Waals surface area contributed by atoms with Gasteiger partial charge >= 0.3 is 5.97 Å². The Morgan fingerprint density at radius 3 is 2.59 bits per heavy atom. The molecular weight excluding hydrogens is 448 g/mol. The van der Waals surface area contributed by atoms with E-state index in [0.29, 0.717) is 10.7 Å². The van der Waals surface area contributed by atoms with Gasteiger partial charge in [0.25, 0.3) is 0 Å². The molecule has 2 aromatic heterocycles. The minimum absolute atomic E-state index is 0.183. The van der Waals surface area contributed by atoms with E-state index in [1.807, 2.05) is 70.3 Å². The van der Waals surface area contributed by atoms with Crippen molar-refractivity contribution in [3.8, 4) is 11.4 Å². The molecule has 7 nitrogen and oxygen atoms in total. The Labute approximate surface area is 202 Å². The number of rotatable bonds is 5. The maximum Gasteiger partial charge on any atom is 0.337 e. The van der Waals surface area contributed by atoms with Crippen molar-refractivity contribution in [3.05, 3.63) is 108 Å². The summed E-state index contributed by atoms with van der Waals surface area (Å²) in [4.78, 5) is 18.7. The summed E-state index contributed by atoms with van der Waals surface area (Å²) in [6.45, 7) is 0. The Morgan fingerprint density at radius 1 is 1.03 bits per heavy atom. The SMILES string of the molecule is COC(=O)c1cccc(-n2cccc2[C@@H]2[C@H](c3ccccn3)NC(=S)N2c2ccc(O)cc2)c1. The van der Waals surface area contributed by atoms with Gasteiger partial charge in [0, 0.05) is 29.5 Å². The molecule has 3 heterocycles. The van der Waals surface area contributed by atoms with E-state index in [-0.39, 0.29) is 17.8 Å². The van der Waals surface area contributed by atoms with Gasteiger partial charge in [-0.15, -0.1) is 0 Å². The second-order valence-electron chi connectivity index (χ2n) is 7.86. The standard InChI is InChI=1S/C26H22N4O3S/c1-33-25(32)17-6-4-7-19(16-17)29-15-5-9-22(29)24-23(21-8-2-3-14-27-21)28-26(34)30(24)18-10-12-20(31)13-11-18/h2-16,23-24,31H,1H3,(H,28,34)/t23-,24+/m0/s1. The summed E-state index contributed by atoms with van der Waals surface area (Å²) in [5.41, 5.74) is 3.95. The monoisotopic (exact) mass is 470 g/mol.